The first-order valence-electron chi connectivity index (χ1n) is 12.7. The molecule has 0 radical (unpaired) electrons. The number of carbonyl (C=O) groups excluding carboxylic acids is 1. The molecular formula is C26H38N6O3. The lowest BCUT2D eigenvalue weighted by Gasteiger charge is -2.34. The molecule has 1 amide bonds. The highest BCUT2D eigenvalue weighted by molar-refractivity contribution is 5.68. The second kappa shape index (κ2) is 10.8. The van der Waals surface area contributed by atoms with Crippen LogP contribution >= 0.6 is 0 Å². The fraction of sp³-hybridized carbons (Fsp3) is 0.615. The van der Waals surface area contributed by atoms with Crippen molar-refractivity contribution in [3.63, 3.8) is 0 Å². The van der Waals surface area contributed by atoms with Crippen LogP contribution in [0.15, 0.2) is 24.5 Å². The van der Waals surface area contributed by atoms with Crippen LogP contribution in [-0.4, -0.2) is 61.9 Å². The van der Waals surface area contributed by atoms with Gasteiger partial charge in [-0.25, -0.2) is 9.78 Å². The first kappa shape index (κ1) is 25.2. The molecule has 0 spiro atoms. The summed E-state index contributed by atoms with van der Waals surface area (Å²) in [4.78, 5) is 28.0. The average Bonchev–Trinajstić information content (AvgIpc) is 2.80. The van der Waals surface area contributed by atoms with Gasteiger partial charge in [0.1, 0.15) is 11.4 Å². The average molecular weight is 483 g/mol. The maximum Gasteiger partial charge on any atom is 0.410 e. The minimum absolute atomic E-state index is 0.206. The minimum atomic E-state index is -0.497. The summed E-state index contributed by atoms with van der Waals surface area (Å²) in [5.74, 6) is 1.62. The molecule has 1 saturated heterocycles. The Morgan fingerprint density at radius 2 is 1.83 bits per heavy atom. The van der Waals surface area contributed by atoms with Crippen molar-refractivity contribution >= 4 is 23.5 Å². The van der Waals surface area contributed by atoms with Gasteiger partial charge in [0.25, 0.3) is 0 Å². The van der Waals surface area contributed by atoms with Crippen LogP contribution in [0, 0.1) is 6.92 Å². The largest absolute Gasteiger partial charge is 0.444 e. The molecule has 3 N–H and O–H groups in total. The van der Waals surface area contributed by atoms with E-state index in [1.807, 2.05) is 46.0 Å². The van der Waals surface area contributed by atoms with E-state index in [1.165, 1.54) is 0 Å². The molecule has 9 nitrogen and oxygen atoms in total. The summed E-state index contributed by atoms with van der Waals surface area (Å²) in [5.41, 5.74) is 2.39. The van der Waals surface area contributed by atoms with E-state index in [2.05, 4.69) is 20.6 Å². The smallest absolute Gasteiger partial charge is 0.410 e. The zero-order valence-corrected chi connectivity index (χ0v) is 21.3. The Hall–Kier alpha value is -2.94. The Morgan fingerprint density at radius 1 is 1.11 bits per heavy atom. The number of hydrogen-bond acceptors (Lipinski definition) is 8. The molecule has 2 aliphatic rings. The third-order valence-electron chi connectivity index (χ3n) is 6.59. The van der Waals surface area contributed by atoms with Crippen LogP contribution in [-0.2, 0) is 4.74 Å². The quantitative estimate of drug-likeness (QED) is 0.559. The van der Waals surface area contributed by atoms with Gasteiger partial charge in [-0.05, 0) is 84.3 Å². The van der Waals surface area contributed by atoms with Crippen LogP contribution in [0.1, 0.15) is 76.5 Å². The summed E-state index contributed by atoms with van der Waals surface area (Å²) in [5, 5.41) is 16.9. The van der Waals surface area contributed by atoms with Gasteiger partial charge >= 0.3 is 6.09 Å². The second-order valence-electron chi connectivity index (χ2n) is 10.7. The zero-order chi connectivity index (χ0) is 25.0. The van der Waals surface area contributed by atoms with Crippen LogP contribution in [0.4, 0.5) is 22.2 Å². The lowest BCUT2D eigenvalue weighted by molar-refractivity contribution is 0.0205. The summed E-state index contributed by atoms with van der Waals surface area (Å²) >= 11 is 0. The van der Waals surface area contributed by atoms with Crippen LogP contribution in [0.3, 0.4) is 0 Å². The van der Waals surface area contributed by atoms with Crippen molar-refractivity contribution in [2.75, 3.05) is 23.7 Å². The number of aryl methyl sites for hydroxylation is 1. The van der Waals surface area contributed by atoms with Crippen molar-refractivity contribution in [1.82, 2.24) is 19.9 Å². The van der Waals surface area contributed by atoms with Gasteiger partial charge in [0.05, 0.1) is 6.10 Å². The first-order chi connectivity index (χ1) is 16.7. The topological polar surface area (TPSA) is 113 Å². The van der Waals surface area contributed by atoms with E-state index in [9.17, 15) is 9.90 Å². The fourth-order valence-electron chi connectivity index (χ4n) is 4.73. The predicted molar refractivity (Wildman–Crippen MR) is 136 cm³/mol. The van der Waals surface area contributed by atoms with Crippen LogP contribution in [0.2, 0.25) is 0 Å². The summed E-state index contributed by atoms with van der Waals surface area (Å²) in [7, 11) is 0. The van der Waals surface area contributed by atoms with Crippen molar-refractivity contribution in [1.29, 1.82) is 0 Å². The van der Waals surface area contributed by atoms with E-state index < -0.39 is 5.60 Å². The van der Waals surface area contributed by atoms with Gasteiger partial charge < -0.3 is 25.4 Å². The number of likely N-dealkylation sites (tertiary alicyclic amines) is 1. The van der Waals surface area contributed by atoms with E-state index in [0.29, 0.717) is 19.0 Å². The highest BCUT2D eigenvalue weighted by Gasteiger charge is 2.30. The van der Waals surface area contributed by atoms with Crippen molar-refractivity contribution < 1.29 is 14.6 Å². The fourth-order valence-corrected chi connectivity index (χ4v) is 4.73. The molecule has 0 atom stereocenters. The van der Waals surface area contributed by atoms with Gasteiger partial charge in [0.2, 0.25) is 5.95 Å². The lowest BCUT2D eigenvalue weighted by Crippen LogP contribution is -2.41. The monoisotopic (exact) mass is 482 g/mol. The molecule has 0 unspecified atom stereocenters. The molecule has 0 bridgehead atoms. The van der Waals surface area contributed by atoms with Gasteiger partial charge in [0.15, 0.2) is 0 Å². The molecule has 35 heavy (non-hydrogen) atoms. The Balaban J connectivity index is 1.50. The molecule has 2 aromatic heterocycles. The Bertz CT molecular complexity index is 1010. The van der Waals surface area contributed by atoms with Crippen LogP contribution in [0.25, 0.3) is 0 Å². The number of pyridine rings is 1. The van der Waals surface area contributed by atoms with Crippen molar-refractivity contribution in [3.8, 4) is 0 Å². The number of aromatic nitrogens is 3. The van der Waals surface area contributed by atoms with Gasteiger partial charge in [-0.15, -0.1) is 0 Å². The molecule has 9 heteroatoms. The van der Waals surface area contributed by atoms with E-state index in [0.717, 1.165) is 61.3 Å². The van der Waals surface area contributed by atoms with E-state index in [-0.39, 0.29) is 24.2 Å². The number of rotatable bonds is 5. The number of aliphatic hydroxyl groups excluding tert-OH is 1. The summed E-state index contributed by atoms with van der Waals surface area (Å²) < 4.78 is 5.55. The molecule has 1 saturated carbocycles. The maximum atomic E-state index is 12.5. The Kier molecular flexibility index (Phi) is 7.74. The molecule has 190 valence electrons. The molecule has 0 aromatic carbocycles. The highest BCUT2D eigenvalue weighted by Crippen LogP contribution is 2.34. The standard InChI is InChI=1S/C26H38N6O3/c1-17-15-20(9-12-27-17)30-24-28-16-22(23(31-24)29-19-5-7-21(33)8-6-19)18-10-13-32(14-11-18)25(34)35-26(2,3)4/h9,12,15-16,18-19,21,33H,5-8,10-11,13-14H2,1-4H3,(H2,27,28,29,30,31). The molecule has 3 heterocycles. The molecular weight excluding hydrogens is 444 g/mol. The molecule has 2 aromatic rings. The van der Waals surface area contributed by atoms with E-state index >= 15 is 0 Å². The number of piperidine rings is 1. The van der Waals surface area contributed by atoms with Crippen molar-refractivity contribution in [2.24, 2.45) is 0 Å². The normalized spacial score (nSPS) is 21.5. The number of aliphatic hydroxyl groups is 1. The van der Waals surface area contributed by atoms with E-state index in [4.69, 9.17) is 9.72 Å². The zero-order valence-electron chi connectivity index (χ0n) is 21.3. The molecule has 1 aliphatic carbocycles. The molecule has 4 rings (SSSR count). The second-order valence-corrected chi connectivity index (χ2v) is 10.7. The van der Waals surface area contributed by atoms with Crippen LogP contribution < -0.4 is 10.6 Å². The third-order valence-corrected chi connectivity index (χ3v) is 6.59. The number of nitrogens with one attached hydrogen (secondary N) is 2. The van der Waals surface area contributed by atoms with Crippen LogP contribution in [0.5, 0.6) is 0 Å². The predicted octanol–water partition coefficient (Wildman–Crippen LogP) is 4.75. The summed E-state index contributed by atoms with van der Waals surface area (Å²) in [6.07, 6.45) is 8.30. The lowest BCUT2D eigenvalue weighted by atomic mass is 9.89. The number of hydrogen-bond donors (Lipinski definition) is 3. The third kappa shape index (κ3) is 7.04. The highest BCUT2D eigenvalue weighted by atomic mass is 16.6. The van der Waals surface area contributed by atoms with Gasteiger partial charge in [0, 0.05) is 48.5 Å². The first-order valence-corrected chi connectivity index (χ1v) is 12.7. The maximum absolute atomic E-state index is 12.5. The van der Waals surface area contributed by atoms with Crippen molar-refractivity contribution in [2.45, 2.75) is 89.9 Å². The Morgan fingerprint density at radius 3 is 2.49 bits per heavy atom. The van der Waals surface area contributed by atoms with Crippen molar-refractivity contribution in [3.05, 3.63) is 35.8 Å². The molecule has 2 fully saturated rings. The minimum Gasteiger partial charge on any atom is -0.444 e. The molecule has 1 aliphatic heterocycles. The number of ether oxygens (including phenoxy) is 1. The van der Waals surface area contributed by atoms with E-state index in [1.54, 1.807) is 11.1 Å². The summed E-state index contributed by atoms with van der Waals surface area (Å²) in [6, 6.07) is 4.12. The number of amides is 1. The van der Waals surface area contributed by atoms with Gasteiger partial charge in [-0.3, -0.25) is 4.98 Å². The number of anilines is 3. The van der Waals surface area contributed by atoms with Gasteiger partial charge in [-0.1, -0.05) is 0 Å². The van der Waals surface area contributed by atoms with Gasteiger partial charge in [-0.2, -0.15) is 4.98 Å². The number of nitrogens with zero attached hydrogens (tertiary/aromatic N) is 4. The Labute approximate surface area is 207 Å². The SMILES string of the molecule is Cc1cc(Nc2ncc(C3CCN(C(=O)OC(C)(C)C)CC3)c(NC3CCC(O)CC3)n2)ccn1. The summed E-state index contributed by atoms with van der Waals surface area (Å²) in [6.45, 7) is 8.90. The number of carbonyl (C=O) groups is 1.